The molecule has 21 heavy (non-hydrogen) atoms. The molecule has 0 radical (unpaired) electrons. The minimum atomic E-state index is -0.880. The fourth-order valence-corrected chi connectivity index (χ4v) is 2.09. The molecule has 5 nitrogen and oxygen atoms in total. The number of rotatable bonds is 5. The van der Waals surface area contributed by atoms with E-state index in [1.165, 1.54) is 0 Å². The van der Waals surface area contributed by atoms with Gasteiger partial charge in [-0.1, -0.05) is 23.7 Å². The number of fused-ring (bicyclic) bond motifs is 1. The van der Waals surface area contributed by atoms with Gasteiger partial charge in [-0.2, -0.15) is 0 Å². The van der Waals surface area contributed by atoms with E-state index in [1.807, 2.05) is 6.07 Å². The fourth-order valence-electron chi connectivity index (χ4n) is 1.93. The predicted octanol–water partition coefficient (Wildman–Crippen LogP) is 2.87. The lowest BCUT2D eigenvalue weighted by Crippen LogP contribution is -2.33. The first kappa shape index (κ1) is 15.3. The number of aliphatic carboxylic acids is 1. The summed E-state index contributed by atoms with van der Waals surface area (Å²) in [4.78, 5) is 26.8. The normalized spacial score (nSPS) is 12.1. The maximum absolute atomic E-state index is 12.1. The molecule has 1 aromatic carbocycles. The highest BCUT2D eigenvalue weighted by molar-refractivity contribution is 6.31. The molecule has 2 aromatic rings. The first-order valence-corrected chi connectivity index (χ1v) is 6.92. The van der Waals surface area contributed by atoms with Gasteiger partial charge in [0.1, 0.15) is 5.69 Å². The zero-order valence-electron chi connectivity index (χ0n) is 11.5. The lowest BCUT2D eigenvalue weighted by Gasteiger charge is -2.12. The molecule has 1 atom stereocenters. The molecule has 0 aliphatic carbocycles. The Balaban J connectivity index is 2.10. The van der Waals surface area contributed by atoms with Gasteiger partial charge in [-0.15, -0.1) is 0 Å². The van der Waals surface area contributed by atoms with E-state index >= 15 is 0 Å². The number of benzene rings is 1. The van der Waals surface area contributed by atoms with Crippen molar-refractivity contribution >= 4 is 34.4 Å². The van der Waals surface area contributed by atoms with E-state index < -0.39 is 5.97 Å². The highest BCUT2D eigenvalue weighted by Crippen LogP contribution is 2.18. The van der Waals surface area contributed by atoms with Crippen molar-refractivity contribution in [1.82, 2.24) is 10.3 Å². The largest absolute Gasteiger partial charge is 0.481 e. The highest BCUT2D eigenvalue weighted by Gasteiger charge is 2.12. The first-order valence-electron chi connectivity index (χ1n) is 6.54. The van der Waals surface area contributed by atoms with E-state index in [0.717, 1.165) is 5.39 Å². The van der Waals surface area contributed by atoms with Gasteiger partial charge in [0, 0.05) is 22.9 Å². The second-order valence-electron chi connectivity index (χ2n) is 4.84. The SMILES string of the molecule is CC(CCC(=O)O)NC(=O)c1ccc2ccc(Cl)cc2n1. The van der Waals surface area contributed by atoms with Gasteiger partial charge in [0.05, 0.1) is 5.52 Å². The van der Waals surface area contributed by atoms with Crippen molar-refractivity contribution in [3.05, 3.63) is 41.0 Å². The summed E-state index contributed by atoms with van der Waals surface area (Å²) in [7, 11) is 0. The van der Waals surface area contributed by atoms with E-state index in [4.69, 9.17) is 16.7 Å². The van der Waals surface area contributed by atoms with Gasteiger partial charge in [0.2, 0.25) is 0 Å². The average Bonchev–Trinajstić information content (AvgIpc) is 2.44. The van der Waals surface area contributed by atoms with Crippen LogP contribution in [0.4, 0.5) is 0 Å². The number of hydrogen-bond acceptors (Lipinski definition) is 3. The molecule has 2 rings (SSSR count). The van der Waals surface area contributed by atoms with E-state index in [9.17, 15) is 9.59 Å². The molecule has 1 heterocycles. The van der Waals surface area contributed by atoms with Crippen LogP contribution in [0.25, 0.3) is 10.9 Å². The van der Waals surface area contributed by atoms with Crippen LogP contribution in [-0.4, -0.2) is 28.0 Å². The van der Waals surface area contributed by atoms with Crippen LogP contribution in [0.2, 0.25) is 5.02 Å². The molecule has 0 fully saturated rings. The molecule has 1 aromatic heterocycles. The van der Waals surface area contributed by atoms with Crippen molar-refractivity contribution in [3.63, 3.8) is 0 Å². The second-order valence-corrected chi connectivity index (χ2v) is 5.28. The standard InChI is InChI=1S/C15H15ClN2O3/c1-9(2-7-14(19)20)17-15(21)12-6-4-10-3-5-11(16)8-13(10)18-12/h3-6,8-9H,2,7H2,1H3,(H,17,21)(H,19,20). The lowest BCUT2D eigenvalue weighted by atomic mass is 10.1. The Labute approximate surface area is 126 Å². The highest BCUT2D eigenvalue weighted by atomic mass is 35.5. The van der Waals surface area contributed by atoms with Crippen LogP contribution in [0.5, 0.6) is 0 Å². The van der Waals surface area contributed by atoms with Crippen molar-refractivity contribution in [3.8, 4) is 0 Å². The molecule has 6 heteroatoms. The van der Waals surface area contributed by atoms with Gasteiger partial charge in [0.15, 0.2) is 0 Å². The van der Waals surface area contributed by atoms with Gasteiger partial charge in [0.25, 0.3) is 5.91 Å². The quantitative estimate of drug-likeness (QED) is 0.890. The summed E-state index contributed by atoms with van der Waals surface area (Å²) in [6.07, 6.45) is 0.392. The number of hydrogen-bond donors (Lipinski definition) is 2. The molecule has 1 unspecified atom stereocenters. The molecule has 0 aliphatic heterocycles. The number of aromatic nitrogens is 1. The molecular formula is C15H15ClN2O3. The van der Waals surface area contributed by atoms with Gasteiger partial charge >= 0.3 is 5.97 Å². The summed E-state index contributed by atoms with van der Waals surface area (Å²) in [5.74, 6) is -1.20. The summed E-state index contributed by atoms with van der Waals surface area (Å²) in [6, 6.07) is 8.50. The lowest BCUT2D eigenvalue weighted by molar-refractivity contribution is -0.137. The summed E-state index contributed by atoms with van der Waals surface area (Å²) in [5, 5.41) is 12.8. The van der Waals surface area contributed by atoms with Gasteiger partial charge in [-0.05, 0) is 31.5 Å². The third-order valence-electron chi connectivity index (χ3n) is 3.06. The predicted molar refractivity (Wildman–Crippen MR) is 80.6 cm³/mol. The summed E-state index contributed by atoms with van der Waals surface area (Å²) < 4.78 is 0. The molecule has 2 N–H and O–H groups in total. The Bertz CT molecular complexity index is 688. The van der Waals surface area contributed by atoms with E-state index in [2.05, 4.69) is 10.3 Å². The summed E-state index contributed by atoms with van der Waals surface area (Å²) in [6.45, 7) is 1.76. The fraction of sp³-hybridized carbons (Fsp3) is 0.267. The van der Waals surface area contributed by atoms with Gasteiger partial charge in [-0.25, -0.2) is 4.98 Å². The maximum Gasteiger partial charge on any atom is 0.303 e. The van der Waals surface area contributed by atoms with Crippen molar-refractivity contribution in [2.45, 2.75) is 25.8 Å². The van der Waals surface area contributed by atoms with Gasteiger partial charge < -0.3 is 10.4 Å². The Kier molecular flexibility index (Phi) is 4.75. The summed E-state index contributed by atoms with van der Waals surface area (Å²) >= 11 is 5.91. The zero-order valence-corrected chi connectivity index (χ0v) is 12.2. The van der Waals surface area contributed by atoms with Crippen LogP contribution >= 0.6 is 11.6 Å². The Morgan fingerprint density at radius 2 is 2.05 bits per heavy atom. The van der Waals surface area contributed by atoms with Crippen molar-refractivity contribution in [1.29, 1.82) is 0 Å². The Morgan fingerprint density at radius 1 is 1.33 bits per heavy atom. The Hall–Kier alpha value is -2.14. The van der Waals surface area contributed by atoms with Crippen LogP contribution < -0.4 is 5.32 Å². The number of carbonyl (C=O) groups excluding carboxylic acids is 1. The van der Waals surface area contributed by atoms with Crippen molar-refractivity contribution in [2.24, 2.45) is 0 Å². The molecule has 1 amide bonds. The number of carbonyl (C=O) groups is 2. The number of amides is 1. The molecule has 0 saturated heterocycles. The first-order chi connectivity index (χ1) is 9.95. The van der Waals surface area contributed by atoms with Crippen LogP contribution in [0.15, 0.2) is 30.3 Å². The van der Waals surface area contributed by atoms with Gasteiger partial charge in [-0.3, -0.25) is 9.59 Å². The molecule has 110 valence electrons. The van der Waals surface area contributed by atoms with Crippen molar-refractivity contribution < 1.29 is 14.7 Å². The second kappa shape index (κ2) is 6.54. The maximum atomic E-state index is 12.1. The number of carboxylic acid groups (broad SMARTS) is 1. The van der Waals surface area contributed by atoms with E-state index in [-0.39, 0.29) is 24.1 Å². The topological polar surface area (TPSA) is 79.3 Å². The number of carboxylic acids is 1. The molecule has 0 aliphatic rings. The Morgan fingerprint density at radius 3 is 2.76 bits per heavy atom. The minimum Gasteiger partial charge on any atom is -0.481 e. The smallest absolute Gasteiger partial charge is 0.303 e. The number of nitrogens with zero attached hydrogens (tertiary/aromatic N) is 1. The van der Waals surface area contributed by atoms with Crippen LogP contribution in [-0.2, 0) is 4.79 Å². The van der Waals surface area contributed by atoms with E-state index in [1.54, 1.807) is 31.2 Å². The third kappa shape index (κ3) is 4.16. The third-order valence-corrected chi connectivity index (χ3v) is 3.29. The molecular weight excluding hydrogens is 292 g/mol. The minimum absolute atomic E-state index is 0.0161. The van der Waals surface area contributed by atoms with Crippen LogP contribution in [0, 0.1) is 0 Å². The number of nitrogens with one attached hydrogen (secondary N) is 1. The summed E-state index contributed by atoms with van der Waals surface area (Å²) in [5.41, 5.74) is 0.931. The van der Waals surface area contributed by atoms with E-state index in [0.29, 0.717) is 17.0 Å². The van der Waals surface area contributed by atoms with Crippen LogP contribution in [0.3, 0.4) is 0 Å². The number of halogens is 1. The number of pyridine rings is 1. The molecule has 0 saturated carbocycles. The molecule has 0 spiro atoms. The average molecular weight is 307 g/mol. The van der Waals surface area contributed by atoms with Crippen molar-refractivity contribution in [2.75, 3.05) is 0 Å². The monoisotopic (exact) mass is 306 g/mol. The molecule has 0 bridgehead atoms. The van der Waals surface area contributed by atoms with Crippen LogP contribution in [0.1, 0.15) is 30.3 Å². The zero-order chi connectivity index (χ0) is 15.4.